The molecule has 5 heteroatoms. The molecule has 0 spiro atoms. The topological polar surface area (TPSA) is 38.5 Å². The lowest BCUT2D eigenvalue weighted by Gasteiger charge is -2.43. The predicted molar refractivity (Wildman–Crippen MR) is 71.1 cm³/mol. The molecule has 3 nitrogen and oxygen atoms in total. The van der Waals surface area contributed by atoms with Gasteiger partial charge in [0.15, 0.2) is 11.6 Å². The highest BCUT2D eigenvalue weighted by atomic mass is 19.2. The van der Waals surface area contributed by atoms with E-state index in [1.165, 1.54) is 0 Å². The fourth-order valence-corrected chi connectivity index (χ4v) is 2.62. The number of anilines is 1. The van der Waals surface area contributed by atoms with Gasteiger partial charge in [0, 0.05) is 25.2 Å². The van der Waals surface area contributed by atoms with Crippen LogP contribution in [0.1, 0.15) is 26.3 Å². The zero-order valence-electron chi connectivity index (χ0n) is 11.5. The molecule has 1 aromatic carbocycles. The fourth-order valence-electron chi connectivity index (χ4n) is 2.62. The number of hydrogen-bond acceptors (Lipinski definition) is 3. The molecule has 2 rings (SSSR count). The summed E-state index contributed by atoms with van der Waals surface area (Å²) in [5, 5.41) is 0. The third kappa shape index (κ3) is 2.87. The van der Waals surface area contributed by atoms with Gasteiger partial charge in [-0.2, -0.15) is 0 Å². The molecule has 0 amide bonds. The lowest BCUT2D eigenvalue weighted by atomic mass is 10.0. The quantitative estimate of drug-likeness (QED) is 0.897. The Bertz CT molecular complexity index is 477. The Morgan fingerprint density at radius 3 is 2.63 bits per heavy atom. The molecule has 0 aromatic heterocycles. The van der Waals surface area contributed by atoms with Crippen LogP contribution in [0.5, 0.6) is 0 Å². The van der Waals surface area contributed by atoms with Crippen molar-refractivity contribution >= 4 is 5.69 Å². The second kappa shape index (κ2) is 5.06. The number of benzene rings is 1. The molecule has 19 heavy (non-hydrogen) atoms. The van der Waals surface area contributed by atoms with Crippen LogP contribution in [0.15, 0.2) is 12.1 Å². The summed E-state index contributed by atoms with van der Waals surface area (Å²) in [7, 11) is 0. The monoisotopic (exact) mass is 270 g/mol. The number of morpholine rings is 1. The Hall–Kier alpha value is -1.20. The van der Waals surface area contributed by atoms with Gasteiger partial charge in [-0.25, -0.2) is 8.78 Å². The maximum absolute atomic E-state index is 14.1. The molecule has 106 valence electrons. The molecule has 0 saturated carbocycles. The van der Waals surface area contributed by atoms with E-state index < -0.39 is 11.6 Å². The zero-order valence-corrected chi connectivity index (χ0v) is 11.5. The van der Waals surface area contributed by atoms with E-state index in [2.05, 4.69) is 0 Å². The summed E-state index contributed by atoms with van der Waals surface area (Å²) >= 11 is 0. The number of nitrogens with two attached hydrogens (primary N) is 1. The first-order chi connectivity index (χ1) is 8.84. The molecule has 1 unspecified atom stereocenters. The van der Waals surface area contributed by atoms with Gasteiger partial charge in [0.1, 0.15) is 0 Å². The molecule has 0 aliphatic carbocycles. The Balaban J connectivity index is 2.34. The smallest absolute Gasteiger partial charge is 0.182 e. The molecule has 1 heterocycles. The normalized spacial score (nSPS) is 22.6. The summed E-state index contributed by atoms with van der Waals surface area (Å²) in [5.41, 5.74) is 5.46. The number of halogens is 2. The maximum atomic E-state index is 14.1. The number of hydrogen-bond donors (Lipinski definition) is 1. The number of nitrogens with zero attached hydrogens (tertiary/aromatic N) is 1. The van der Waals surface area contributed by atoms with Crippen LogP contribution >= 0.6 is 0 Å². The van der Waals surface area contributed by atoms with Crippen LogP contribution in [0.25, 0.3) is 0 Å². The van der Waals surface area contributed by atoms with Crippen LogP contribution in [0, 0.1) is 11.6 Å². The molecular weight excluding hydrogens is 250 g/mol. The standard InChI is InChI=1S/C14H20F2N2O/c1-9-7-18(8-14(2,3)19-9)11-5-4-10(6-17)12(15)13(11)16/h4-5,9H,6-8,17H2,1-3H3. The summed E-state index contributed by atoms with van der Waals surface area (Å²) in [6, 6.07) is 3.13. The summed E-state index contributed by atoms with van der Waals surface area (Å²) in [4.78, 5) is 1.83. The Morgan fingerprint density at radius 1 is 1.37 bits per heavy atom. The van der Waals surface area contributed by atoms with Crippen LogP contribution < -0.4 is 10.6 Å². The Kier molecular flexibility index (Phi) is 3.78. The van der Waals surface area contributed by atoms with Crippen LogP contribution in [-0.4, -0.2) is 24.8 Å². The highest BCUT2D eigenvalue weighted by Crippen LogP contribution is 2.29. The van der Waals surface area contributed by atoms with E-state index in [0.717, 1.165) is 0 Å². The van der Waals surface area contributed by atoms with Crippen molar-refractivity contribution in [1.82, 2.24) is 0 Å². The number of rotatable bonds is 2. The molecule has 1 aliphatic heterocycles. The largest absolute Gasteiger partial charge is 0.369 e. The van der Waals surface area contributed by atoms with Crippen molar-refractivity contribution < 1.29 is 13.5 Å². The zero-order chi connectivity index (χ0) is 14.2. The molecular formula is C14H20F2N2O. The fraction of sp³-hybridized carbons (Fsp3) is 0.571. The van der Waals surface area contributed by atoms with Gasteiger partial charge >= 0.3 is 0 Å². The van der Waals surface area contributed by atoms with Gasteiger partial charge in [0.25, 0.3) is 0 Å². The van der Waals surface area contributed by atoms with E-state index in [9.17, 15) is 8.78 Å². The SMILES string of the molecule is CC1CN(c2ccc(CN)c(F)c2F)CC(C)(C)O1. The van der Waals surface area contributed by atoms with Crippen LogP contribution in [0.4, 0.5) is 14.5 Å². The van der Waals surface area contributed by atoms with E-state index in [1.807, 2.05) is 25.7 Å². The average molecular weight is 270 g/mol. The highest BCUT2D eigenvalue weighted by Gasteiger charge is 2.33. The van der Waals surface area contributed by atoms with Gasteiger partial charge in [-0.3, -0.25) is 0 Å². The minimum absolute atomic E-state index is 0.00591. The van der Waals surface area contributed by atoms with E-state index in [-0.39, 0.29) is 29.5 Å². The summed E-state index contributed by atoms with van der Waals surface area (Å²) in [6.07, 6.45) is -0.0274. The highest BCUT2D eigenvalue weighted by molar-refractivity contribution is 5.50. The van der Waals surface area contributed by atoms with Gasteiger partial charge in [-0.1, -0.05) is 6.07 Å². The van der Waals surface area contributed by atoms with Gasteiger partial charge in [0.05, 0.1) is 17.4 Å². The van der Waals surface area contributed by atoms with E-state index in [1.54, 1.807) is 12.1 Å². The van der Waals surface area contributed by atoms with E-state index in [4.69, 9.17) is 10.5 Å². The molecule has 0 bridgehead atoms. The molecule has 0 radical (unpaired) electrons. The average Bonchev–Trinajstić information content (AvgIpc) is 2.30. The van der Waals surface area contributed by atoms with Crippen molar-refractivity contribution in [1.29, 1.82) is 0 Å². The third-order valence-corrected chi connectivity index (χ3v) is 3.27. The molecule has 1 atom stereocenters. The van der Waals surface area contributed by atoms with E-state index in [0.29, 0.717) is 13.1 Å². The van der Waals surface area contributed by atoms with Crippen LogP contribution in [0.2, 0.25) is 0 Å². The summed E-state index contributed by atoms with van der Waals surface area (Å²) in [5.74, 6) is -1.68. The van der Waals surface area contributed by atoms with Gasteiger partial charge in [-0.15, -0.1) is 0 Å². The molecule has 1 aromatic rings. The minimum atomic E-state index is -0.850. The second-order valence-electron chi connectivity index (χ2n) is 5.64. The lowest BCUT2D eigenvalue weighted by molar-refractivity contribution is -0.0751. The molecule has 2 N–H and O–H groups in total. The maximum Gasteiger partial charge on any atom is 0.182 e. The Morgan fingerprint density at radius 2 is 2.05 bits per heavy atom. The second-order valence-corrected chi connectivity index (χ2v) is 5.64. The van der Waals surface area contributed by atoms with Crippen molar-refractivity contribution in [3.63, 3.8) is 0 Å². The molecule has 1 aliphatic rings. The predicted octanol–water partition coefficient (Wildman–Crippen LogP) is 2.43. The number of ether oxygens (including phenoxy) is 1. The van der Waals surface area contributed by atoms with Crippen molar-refractivity contribution in [3.8, 4) is 0 Å². The van der Waals surface area contributed by atoms with Crippen molar-refractivity contribution in [2.75, 3.05) is 18.0 Å². The van der Waals surface area contributed by atoms with Crippen molar-refractivity contribution in [3.05, 3.63) is 29.3 Å². The third-order valence-electron chi connectivity index (χ3n) is 3.27. The van der Waals surface area contributed by atoms with Gasteiger partial charge in [-0.05, 0) is 26.8 Å². The van der Waals surface area contributed by atoms with Crippen LogP contribution in [-0.2, 0) is 11.3 Å². The van der Waals surface area contributed by atoms with Crippen LogP contribution in [0.3, 0.4) is 0 Å². The van der Waals surface area contributed by atoms with Gasteiger partial charge in [0.2, 0.25) is 0 Å². The molecule has 1 fully saturated rings. The lowest BCUT2D eigenvalue weighted by Crippen LogP contribution is -2.52. The first-order valence-corrected chi connectivity index (χ1v) is 6.44. The van der Waals surface area contributed by atoms with Crippen molar-refractivity contribution in [2.45, 2.75) is 39.0 Å². The summed E-state index contributed by atoms with van der Waals surface area (Å²) in [6.45, 7) is 6.87. The first-order valence-electron chi connectivity index (χ1n) is 6.44. The summed E-state index contributed by atoms with van der Waals surface area (Å²) < 4.78 is 33.7. The van der Waals surface area contributed by atoms with Gasteiger partial charge < -0.3 is 15.4 Å². The van der Waals surface area contributed by atoms with E-state index >= 15 is 0 Å². The minimum Gasteiger partial charge on any atom is -0.369 e. The molecule has 1 saturated heterocycles. The van der Waals surface area contributed by atoms with Crippen molar-refractivity contribution in [2.24, 2.45) is 5.73 Å². The Labute approximate surface area is 112 Å². The first kappa shape index (κ1) is 14.2.